The quantitative estimate of drug-likeness (QED) is 0.718. The van der Waals surface area contributed by atoms with Gasteiger partial charge in [-0.3, -0.25) is 4.79 Å². The molecule has 1 aliphatic heterocycles. The van der Waals surface area contributed by atoms with Crippen molar-refractivity contribution in [3.8, 4) is 5.75 Å². The van der Waals surface area contributed by atoms with Crippen LogP contribution in [0.2, 0.25) is 0 Å². The highest BCUT2D eigenvalue weighted by Gasteiger charge is 2.41. The average Bonchev–Trinajstić information content (AvgIpc) is 3.14. The van der Waals surface area contributed by atoms with Gasteiger partial charge in [-0.25, -0.2) is 0 Å². The van der Waals surface area contributed by atoms with E-state index in [1.165, 1.54) is 0 Å². The number of carbonyl (C=O) groups excluding carboxylic acids is 1. The molecule has 1 atom stereocenters. The summed E-state index contributed by atoms with van der Waals surface area (Å²) in [7, 11) is 1.61. The highest BCUT2D eigenvalue weighted by molar-refractivity contribution is 5.86. The lowest BCUT2D eigenvalue weighted by Crippen LogP contribution is -2.57. The molecular formula is C19H26N4O4. The smallest absolute Gasteiger partial charge is 0.256 e. The number of benzene rings is 1. The molecule has 2 aromatic rings. The summed E-state index contributed by atoms with van der Waals surface area (Å²) in [5, 5.41) is 21.8. The molecule has 2 N–H and O–H groups in total. The number of amides is 1. The summed E-state index contributed by atoms with van der Waals surface area (Å²) in [6.45, 7) is 3.47. The number of nitrogens with one attached hydrogen (secondary N) is 1. The first kappa shape index (κ1) is 19.3. The Bertz CT molecular complexity index is 779. The van der Waals surface area contributed by atoms with Crippen LogP contribution in [0.25, 0.3) is 0 Å². The maximum Gasteiger partial charge on any atom is 0.256 e. The van der Waals surface area contributed by atoms with E-state index in [0.717, 1.165) is 17.7 Å². The summed E-state index contributed by atoms with van der Waals surface area (Å²) in [4.78, 5) is 14.5. The Morgan fingerprint density at radius 3 is 2.93 bits per heavy atom. The van der Waals surface area contributed by atoms with Crippen molar-refractivity contribution in [3.63, 3.8) is 0 Å². The fourth-order valence-corrected chi connectivity index (χ4v) is 3.25. The normalized spacial score (nSPS) is 20.1. The van der Waals surface area contributed by atoms with E-state index in [1.807, 2.05) is 31.2 Å². The Morgan fingerprint density at radius 2 is 2.19 bits per heavy atom. The second kappa shape index (κ2) is 8.49. The molecule has 1 fully saturated rings. The molecule has 1 aliphatic rings. The number of ether oxygens (including phenoxy) is 1. The fourth-order valence-electron chi connectivity index (χ4n) is 3.25. The summed E-state index contributed by atoms with van der Waals surface area (Å²) in [5.74, 6) is 1.51. The van der Waals surface area contributed by atoms with Crippen LogP contribution in [0, 0.1) is 0 Å². The van der Waals surface area contributed by atoms with E-state index in [2.05, 4.69) is 15.5 Å². The Balaban J connectivity index is 1.58. The molecule has 0 unspecified atom stereocenters. The van der Waals surface area contributed by atoms with E-state index >= 15 is 0 Å². The molecule has 146 valence electrons. The molecule has 1 aromatic carbocycles. The number of aliphatic hydroxyl groups is 1. The number of rotatable bonds is 8. The molecule has 0 saturated carbocycles. The van der Waals surface area contributed by atoms with E-state index in [-0.39, 0.29) is 12.5 Å². The third-order valence-electron chi connectivity index (χ3n) is 4.72. The van der Waals surface area contributed by atoms with Crippen LogP contribution < -0.4 is 10.1 Å². The fraction of sp³-hybridized carbons (Fsp3) is 0.526. The predicted molar refractivity (Wildman–Crippen MR) is 98.0 cm³/mol. The van der Waals surface area contributed by atoms with Gasteiger partial charge < -0.3 is 24.5 Å². The minimum Gasteiger partial charge on any atom is -0.497 e. The van der Waals surface area contributed by atoms with E-state index in [9.17, 15) is 9.90 Å². The van der Waals surface area contributed by atoms with Crippen molar-refractivity contribution in [1.29, 1.82) is 0 Å². The van der Waals surface area contributed by atoms with Crippen molar-refractivity contribution in [1.82, 2.24) is 20.4 Å². The van der Waals surface area contributed by atoms with Gasteiger partial charge in [-0.1, -0.05) is 19.1 Å². The summed E-state index contributed by atoms with van der Waals surface area (Å²) in [5.41, 5.74) is -0.456. The van der Waals surface area contributed by atoms with E-state index in [0.29, 0.717) is 44.3 Å². The standard InChI is InChI=1S/C19H26N4O4/c1-3-16-21-22-17(27-16)11-20-13-19(25)8-5-9-23(18(19)24)12-14-6-4-7-15(10-14)26-2/h4,6-7,10,20,25H,3,5,8-9,11-13H2,1-2H3/t19-/m0/s1. The maximum atomic E-state index is 12.9. The molecule has 0 aliphatic carbocycles. The highest BCUT2D eigenvalue weighted by Crippen LogP contribution is 2.24. The monoisotopic (exact) mass is 374 g/mol. The Kier molecular flexibility index (Phi) is 6.08. The molecule has 1 amide bonds. The number of likely N-dealkylation sites (tertiary alicyclic amines) is 1. The summed E-state index contributed by atoms with van der Waals surface area (Å²) < 4.78 is 10.7. The lowest BCUT2D eigenvalue weighted by molar-refractivity contribution is -0.157. The molecule has 1 aromatic heterocycles. The molecule has 8 heteroatoms. The number of hydrogen-bond acceptors (Lipinski definition) is 7. The van der Waals surface area contributed by atoms with Gasteiger partial charge in [0.2, 0.25) is 11.8 Å². The van der Waals surface area contributed by atoms with Crippen molar-refractivity contribution in [3.05, 3.63) is 41.6 Å². The molecule has 27 heavy (non-hydrogen) atoms. The largest absolute Gasteiger partial charge is 0.497 e. The van der Waals surface area contributed by atoms with Crippen LogP contribution in [0.15, 0.2) is 28.7 Å². The summed E-state index contributed by atoms with van der Waals surface area (Å²) in [6.07, 6.45) is 1.85. The molecule has 3 rings (SSSR count). The average molecular weight is 374 g/mol. The van der Waals surface area contributed by atoms with Gasteiger partial charge in [0.1, 0.15) is 5.75 Å². The topological polar surface area (TPSA) is 101 Å². The van der Waals surface area contributed by atoms with Crippen LogP contribution in [0.3, 0.4) is 0 Å². The van der Waals surface area contributed by atoms with E-state index < -0.39 is 5.60 Å². The minimum atomic E-state index is -1.43. The van der Waals surface area contributed by atoms with Crippen LogP contribution >= 0.6 is 0 Å². The number of carbonyl (C=O) groups is 1. The molecule has 1 saturated heterocycles. The number of methoxy groups -OCH3 is 1. The first-order valence-corrected chi connectivity index (χ1v) is 9.20. The minimum absolute atomic E-state index is 0.143. The molecule has 0 radical (unpaired) electrons. The first-order valence-electron chi connectivity index (χ1n) is 9.20. The highest BCUT2D eigenvalue weighted by atomic mass is 16.5. The van der Waals surface area contributed by atoms with Crippen LogP contribution in [0.4, 0.5) is 0 Å². The van der Waals surface area contributed by atoms with Crippen molar-refractivity contribution >= 4 is 5.91 Å². The van der Waals surface area contributed by atoms with Gasteiger partial charge >= 0.3 is 0 Å². The summed E-state index contributed by atoms with van der Waals surface area (Å²) in [6, 6.07) is 7.61. The number of hydrogen-bond donors (Lipinski definition) is 2. The zero-order valence-electron chi connectivity index (χ0n) is 15.8. The number of aromatic nitrogens is 2. The molecule has 0 bridgehead atoms. The van der Waals surface area contributed by atoms with Crippen LogP contribution in [0.1, 0.15) is 37.1 Å². The van der Waals surface area contributed by atoms with Crippen molar-refractivity contribution in [2.24, 2.45) is 0 Å². The van der Waals surface area contributed by atoms with Gasteiger partial charge in [-0.2, -0.15) is 0 Å². The van der Waals surface area contributed by atoms with Gasteiger partial charge in [0.25, 0.3) is 5.91 Å². The molecule has 2 heterocycles. The van der Waals surface area contributed by atoms with Gasteiger partial charge in [0.05, 0.1) is 13.7 Å². The van der Waals surface area contributed by atoms with Crippen molar-refractivity contribution in [2.75, 3.05) is 20.2 Å². The van der Waals surface area contributed by atoms with Gasteiger partial charge in [0, 0.05) is 26.1 Å². The van der Waals surface area contributed by atoms with E-state index in [1.54, 1.807) is 12.0 Å². The Labute approximate surface area is 158 Å². The second-order valence-corrected chi connectivity index (χ2v) is 6.76. The SMILES string of the molecule is CCc1nnc(CNC[C@@]2(O)CCCN(Cc3cccc(OC)c3)C2=O)o1. The van der Waals surface area contributed by atoms with Crippen molar-refractivity contribution < 1.29 is 19.1 Å². The number of piperidine rings is 1. The van der Waals surface area contributed by atoms with Gasteiger partial charge in [-0.05, 0) is 30.5 Å². The Morgan fingerprint density at radius 1 is 1.37 bits per heavy atom. The zero-order valence-corrected chi connectivity index (χ0v) is 15.8. The number of aryl methyl sites for hydroxylation is 1. The molecular weight excluding hydrogens is 348 g/mol. The van der Waals surface area contributed by atoms with Crippen LogP contribution in [0.5, 0.6) is 5.75 Å². The third-order valence-corrected chi connectivity index (χ3v) is 4.72. The maximum absolute atomic E-state index is 12.9. The van der Waals surface area contributed by atoms with Gasteiger partial charge in [0.15, 0.2) is 5.60 Å². The van der Waals surface area contributed by atoms with Crippen LogP contribution in [-0.2, 0) is 24.3 Å². The lowest BCUT2D eigenvalue weighted by atomic mass is 9.91. The van der Waals surface area contributed by atoms with E-state index in [4.69, 9.17) is 9.15 Å². The molecule has 8 nitrogen and oxygen atoms in total. The van der Waals surface area contributed by atoms with Gasteiger partial charge in [-0.15, -0.1) is 10.2 Å². The predicted octanol–water partition coefficient (Wildman–Crippen LogP) is 1.28. The second-order valence-electron chi connectivity index (χ2n) is 6.76. The Hall–Kier alpha value is -2.45. The first-order chi connectivity index (χ1) is 13.0. The third kappa shape index (κ3) is 4.64. The van der Waals surface area contributed by atoms with Crippen molar-refractivity contribution in [2.45, 2.75) is 44.9 Å². The number of nitrogens with zero attached hydrogens (tertiary/aromatic N) is 3. The lowest BCUT2D eigenvalue weighted by Gasteiger charge is -2.38. The summed E-state index contributed by atoms with van der Waals surface area (Å²) >= 11 is 0. The van der Waals surface area contributed by atoms with Crippen LogP contribution in [-0.4, -0.2) is 51.9 Å². The molecule has 0 spiro atoms. The zero-order chi connectivity index (χ0) is 19.3.